The van der Waals surface area contributed by atoms with Gasteiger partial charge >= 0.3 is 0 Å². The van der Waals surface area contributed by atoms with Crippen molar-refractivity contribution in [1.82, 2.24) is 21.3 Å². The smallest absolute Gasteiger partial charge is 0.243 e. The first-order valence-electron chi connectivity index (χ1n) is 13.4. The zero-order valence-electron chi connectivity index (χ0n) is 23.9. The van der Waals surface area contributed by atoms with E-state index in [1.54, 1.807) is 6.92 Å². The van der Waals surface area contributed by atoms with E-state index in [0.29, 0.717) is 25.9 Å². The van der Waals surface area contributed by atoms with E-state index in [2.05, 4.69) is 28.2 Å². The fourth-order valence-corrected chi connectivity index (χ4v) is 4.25. The van der Waals surface area contributed by atoms with Crippen LogP contribution in [0.5, 0.6) is 0 Å². The van der Waals surface area contributed by atoms with Gasteiger partial charge in [-0.15, -0.1) is 0 Å². The van der Waals surface area contributed by atoms with E-state index in [1.165, 1.54) is 0 Å². The first-order valence-corrected chi connectivity index (χ1v) is 13.4. The van der Waals surface area contributed by atoms with Gasteiger partial charge in [-0.1, -0.05) is 54.9 Å². The normalized spacial score (nSPS) is 18.6. The van der Waals surface area contributed by atoms with Gasteiger partial charge in [0, 0.05) is 6.42 Å². The van der Waals surface area contributed by atoms with Gasteiger partial charge in [0.05, 0.1) is 25.7 Å². The molecule has 0 spiro atoms. The Labute approximate surface area is 221 Å². The highest BCUT2D eigenvalue weighted by Crippen LogP contribution is 2.29. The average Bonchev–Trinajstić information content (AvgIpc) is 3.52. The molecule has 212 valence electrons. The van der Waals surface area contributed by atoms with Crippen LogP contribution in [0.2, 0.25) is 0 Å². The van der Waals surface area contributed by atoms with Crippen molar-refractivity contribution in [2.24, 2.45) is 17.3 Å². The van der Waals surface area contributed by atoms with Gasteiger partial charge in [-0.05, 0) is 43.4 Å². The summed E-state index contributed by atoms with van der Waals surface area (Å²) in [7, 11) is 0. The molecule has 3 unspecified atom stereocenters. The maximum atomic E-state index is 12.8. The molecule has 10 nitrogen and oxygen atoms in total. The molecule has 1 rings (SSSR count). The van der Waals surface area contributed by atoms with Crippen LogP contribution in [0.25, 0.3) is 0 Å². The van der Waals surface area contributed by atoms with Crippen molar-refractivity contribution >= 4 is 29.4 Å². The Hall–Kier alpha value is -2.49. The highest BCUT2D eigenvalue weighted by atomic mass is 16.6. The molecule has 1 aliphatic rings. The van der Waals surface area contributed by atoms with Crippen LogP contribution in [0, 0.1) is 17.3 Å². The molecule has 0 aromatic rings. The molecule has 0 aromatic heterocycles. The predicted molar refractivity (Wildman–Crippen MR) is 141 cm³/mol. The lowest BCUT2D eigenvalue weighted by Crippen LogP contribution is -2.53. The van der Waals surface area contributed by atoms with Crippen LogP contribution in [0.1, 0.15) is 87.5 Å². The molecule has 0 bridgehead atoms. The van der Waals surface area contributed by atoms with E-state index >= 15 is 0 Å². The molecule has 4 amide bonds. The van der Waals surface area contributed by atoms with Gasteiger partial charge in [0.15, 0.2) is 5.78 Å². The number of carbonyl (C=O) groups is 5. The van der Waals surface area contributed by atoms with E-state index < -0.39 is 35.4 Å². The Bertz CT molecular complexity index is 820. The van der Waals surface area contributed by atoms with Crippen LogP contribution in [-0.4, -0.2) is 66.8 Å². The Balaban J connectivity index is 2.62. The summed E-state index contributed by atoms with van der Waals surface area (Å²) >= 11 is 0. The first kappa shape index (κ1) is 32.5. The minimum absolute atomic E-state index is 0.0987. The number of ketones is 1. The average molecular weight is 525 g/mol. The van der Waals surface area contributed by atoms with Gasteiger partial charge in [-0.25, -0.2) is 0 Å². The number of hydrogen-bond acceptors (Lipinski definition) is 6. The summed E-state index contributed by atoms with van der Waals surface area (Å²) in [6.07, 6.45) is 3.00. The number of amides is 4. The summed E-state index contributed by atoms with van der Waals surface area (Å²) < 4.78 is 5.24. The van der Waals surface area contributed by atoms with Crippen LogP contribution >= 0.6 is 0 Å². The van der Waals surface area contributed by atoms with Gasteiger partial charge in [0.1, 0.15) is 11.6 Å². The maximum Gasteiger partial charge on any atom is 0.243 e. The number of nitrogens with one attached hydrogen (secondary N) is 4. The van der Waals surface area contributed by atoms with Crippen LogP contribution < -0.4 is 21.3 Å². The monoisotopic (exact) mass is 524 g/mol. The number of ether oxygens (including phenoxy) is 1. The third kappa shape index (κ3) is 12.5. The molecular formula is C27H48N4O6. The van der Waals surface area contributed by atoms with Gasteiger partial charge in [0.2, 0.25) is 23.6 Å². The second-order valence-electron chi connectivity index (χ2n) is 12.0. The minimum Gasteiger partial charge on any atom is -0.361 e. The van der Waals surface area contributed by atoms with Gasteiger partial charge in [0.25, 0.3) is 0 Å². The standard InChI is InChI=1S/C27H48N4O6/c1-9-10-26(6,7)13-21(32)28-14-22(33)31-20(12-18(4)5)25(36)29-15-23(34)30-19(11-17(2)3)24(35)27(8)16-37-27/h17-20H,9-16H2,1-8H3,(H,28,32)(H,29,36)(H,30,34)(H,31,33). The van der Waals surface area contributed by atoms with Crippen LogP contribution in [0.15, 0.2) is 0 Å². The molecule has 3 atom stereocenters. The van der Waals surface area contributed by atoms with E-state index in [1.807, 2.05) is 41.5 Å². The van der Waals surface area contributed by atoms with E-state index in [4.69, 9.17) is 4.74 Å². The molecular weight excluding hydrogens is 476 g/mol. The second kappa shape index (κ2) is 14.4. The van der Waals surface area contributed by atoms with E-state index in [9.17, 15) is 24.0 Å². The third-order valence-electron chi connectivity index (χ3n) is 6.25. The number of carbonyl (C=O) groups excluding carboxylic acids is 5. The van der Waals surface area contributed by atoms with E-state index in [0.717, 1.165) is 12.8 Å². The number of rotatable bonds is 17. The molecule has 0 saturated carbocycles. The fourth-order valence-electron chi connectivity index (χ4n) is 4.25. The summed E-state index contributed by atoms with van der Waals surface area (Å²) in [6, 6.07) is -1.56. The topological polar surface area (TPSA) is 146 Å². The van der Waals surface area contributed by atoms with Crippen LogP contribution in [0.4, 0.5) is 0 Å². The number of Topliss-reactive ketones (excluding diaryl/α,β-unsaturated/α-hetero) is 1. The summed E-state index contributed by atoms with van der Waals surface area (Å²) in [5.74, 6) is -1.59. The molecule has 1 aliphatic heterocycles. The summed E-state index contributed by atoms with van der Waals surface area (Å²) in [6.45, 7) is 15.3. The van der Waals surface area contributed by atoms with Crippen LogP contribution in [-0.2, 0) is 28.7 Å². The molecule has 4 N–H and O–H groups in total. The zero-order valence-corrected chi connectivity index (χ0v) is 23.9. The van der Waals surface area contributed by atoms with Crippen molar-refractivity contribution < 1.29 is 28.7 Å². The Morgan fingerprint density at radius 1 is 0.838 bits per heavy atom. The lowest BCUT2D eigenvalue weighted by atomic mass is 9.84. The van der Waals surface area contributed by atoms with Crippen LogP contribution in [0.3, 0.4) is 0 Å². The molecule has 1 fully saturated rings. The van der Waals surface area contributed by atoms with Gasteiger partial charge < -0.3 is 26.0 Å². The lowest BCUT2D eigenvalue weighted by molar-refractivity contribution is -0.132. The van der Waals surface area contributed by atoms with Crippen molar-refractivity contribution in [2.75, 3.05) is 19.7 Å². The first-order chi connectivity index (χ1) is 17.1. The molecule has 10 heteroatoms. The highest BCUT2D eigenvalue weighted by molar-refractivity contribution is 5.97. The van der Waals surface area contributed by atoms with Crippen molar-refractivity contribution in [2.45, 2.75) is 105 Å². The lowest BCUT2D eigenvalue weighted by Gasteiger charge is -2.24. The zero-order chi connectivity index (χ0) is 28.4. The van der Waals surface area contributed by atoms with Gasteiger partial charge in [-0.3, -0.25) is 24.0 Å². The Morgan fingerprint density at radius 3 is 1.81 bits per heavy atom. The number of epoxide rings is 1. The minimum atomic E-state index is -0.861. The summed E-state index contributed by atoms with van der Waals surface area (Å²) in [5.41, 5.74) is -1.01. The molecule has 0 radical (unpaired) electrons. The molecule has 1 saturated heterocycles. The fraction of sp³-hybridized carbons (Fsp3) is 0.815. The van der Waals surface area contributed by atoms with Crippen molar-refractivity contribution in [3.8, 4) is 0 Å². The SMILES string of the molecule is CCCC(C)(C)CC(=O)NCC(=O)NC(CC(C)C)C(=O)NCC(=O)NC(CC(C)C)C(=O)C1(C)CO1. The second-order valence-corrected chi connectivity index (χ2v) is 12.0. The summed E-state index contributed by atoms with van der Waals surface area (Å²) in [4.78, 5) is 62.7. The maximum absolute atomic E-state index is 12.8. The van der Waals surface area contributed by atoms with Crippen molar-refractivity contribution in [3.05, 3.63) is 0 Å². The summed E-state index contributed by atoms with van der Waals surface area (Å²) in [5, 5.41) is 10.6. The quantitative estimate of drug-likeness (QED) is 0.214. The molecule has 1 heterocycles. The highest BCUT2D eigenvalue weighted by Gasteiger charge is 2.50. The predicted octanol–water partition coefficient (Wildman–Crippen LogP) is 1.86. The largest absolute Gasteiger partial charge is 0.361 e. The van der Waals surface area contributed by atoms with E-state index in [-0.39, 0.29) is 42.0 Å². The van der Waals surface area contributed by atoms with Gasteiger partial charge in [-0.2, -0.15) is 0 Å². The number of hydrogen-bond donors (Lipinski definition) is 4. The van der Waals surface area contributed by atoms with Crippen molar-refractivity contribution in [1.29, 1.82) is 0 Å². The molecule has 37 heavy (non-hydrogen) atoms. The van der Waals surface area contributed by atoms with Crippen molar-refractivity contribution in [3.63, 3.8) is 0 Å². The third-order valence-corrected chi connectivity index (χ3v) is 6.25. The molecule has 0 aliphatic carbocycles. The Morgan fingerprint density at radius 2 is 1.32 bits per heavy atom. The molecule has 0 aromatic carbocycles. The Kier molecular flexibility index (Phi) is 12.7.